The lowest BCUT2D eigenvalue weighted by Crippen LogP contribution is -2.59. The Morgan fingerprint density at radius 2 is 1.82 bits per heavy atom. The number of likely N-dealkylation sites (tertiary alicyclic amines) is 3. The Morgan fingerprint density at radius 1 is 1.07 bits per heavy atom. The lowest BCUT2D eigenvalue weighted by Gasteiger charge is -2.43. The zero-order chi connectivity index (χ0) is 19.6. The largest absolute Gasteiger partial charge is 0.379 e. The van der Waals surface area contributed by atoms with E-state index in [0.717, 1.165) is 44.5 Å². The van der Waals surface area contributed by atoms with Crippen molar-refractivity contribution in [2.45, 2.75) is 63.6 Å². The smallest absolute Gasteiger partial charge is 0.256 e. The number of carbonyl (C=O) groups is 1. The van der Waals surface area contributed by atoms with Crippen molar-refractivity contribution in [3.63, 3.8) is 0 Å². The molecule has 3 aliphatic heterocycles. The summed E-state index contributed by atoms with van der Waals surface area (Å²) in [6, 6.07) is 9.01. The minimum absolute atomic E-state index is 0.0816. The van der Waals surface area contributed by atoms with Crippen LogP contribution in [0.25, 0.3) is 0 Å². The quantitative estimate of drug-likeness (QED) is 0.846. The molecule has 1 aromatic rings. The molecule has 1 aromatic carbocycles. The van der Waals surface area contributed by atoms with Gasteiger partial charge in [0.05, 0.1) is 0 Å². The van der Waals surface area contributed by atoms with Crippen LogP contribution in [0.15, 0.2) is 24.3 Å². The highest BCUT2D eigenvalue weighted by Crippen LogP contribution is 2.28. The Kier molecular flexibility index (Phi) is 6.04. The summed E-state index contributed by atoms with van der Waals surface area (Å²) < 4.78 is 0. The molecule has 1 atom stereocenters. The Hall–Kier alpha value is -1.43. The Morgan fingerprint density at radius 3 is 2.54 bits per heavy atom. The number of aliphatic hydroxyl groups is 1. The first-order valence-electron chi connectivity index (χ1n) is 11.1. The predicted octanol–water partition coefficient (Wildman–Crippen LogP) is 2.41. The number of hydrogen-bond acceptors (Lipinski definition) is 4. The maximum atomic E-state index is 13.1. The Balaban J connectivity index is 1.33. The van der Waals surface area contributed by atoms with Gasteiger partial charge in [0.1, 0.15) is 0 Å². The van der Waals surface area contributed by atoms with Crippen molar-refractivity contribution in [3.8, 4) is 0 Å². The van der Waals surface area contributed by atoms with Gasteiger partial charge in [-0.2, -0.15) is 0 Å². The topological polar surface area (TPSA) is 47.0 Å². The summed E-state index contributed by atoms with van der Waals surface area (Å²) in [7, 11) is 0. The summed E-state index contributed by atoms with van der Waals surface area (Å²) in [6.45, 7) is 8.39. The fraction of sp³-hybridized carbons (Fsp3) is 0.696. The summed E-state index contributed by atoms with van der Waals surface area (Å²) in [6.07, 6.45) is 6.46. The summed E-state index contributed by atoms with van der Waals surface area (Å²) in [5, 5.41) is 11.2. The van der Waals surface area contributed by atoms with Gasteiger partial charge in [-0.15, -0.1) is 0 Å². The van der Waals surface area contributed by atoms with Crippen LogP contribution < -0.4 is 0 Å². The number of β-amino-alcohol motifs (C(OH)–C–C–N with tert-alkyl or cyclic N) is 1. The SMILES string of the molecule is Cc1cccc(CN2CCCC(O)(CN3CCC(N4CCCC4)CC3)C2=O)c1. The first-order chi connectivity index (χ1) is 13.5. The third-order valence-electron chi connectivity index (χ3n) is 6.86. The van der Waals surface area contributed by atoms with Gasteiger partial charge in [0.2, 0.25) is 0 Å². The second kappa shape index (κ2) is 8.52. The molecule has 0 spiro atoms. The minimum Gasteiger partial charge on any atom is -0.379 e. The third-order valence-corrected chi connectivity index (χ3v) is 6.86. The van der Waals surface area contributed by atoms with Crippen LogP contribution in [-0.4, -0.2) is 76.6 Å². The molecule has 5 nitrogen and oxygen atoms in total. The average molecular weight is 386 g/mol. The molecule has 154 valence electrons. The lowest BCUT2D eigenvalue weighted by molar-refractivity contribution is -0.160. The number of hydrogen-bond donors (Lipinski definition) is 1. The van der Waals surface area contributed by atoms with Crippen LogP contribution in [0, 0.1) is 6.92 Å². The molecule has 0 aliphatic carbocycles. The van der Waals surface area contributed by atoms with Crippen molar-refractivity contribution >= 4 is 5.91 Å². The summed E-state index contributed by atoms with van der Waals surface area (Å²) in [5.74, 6) is -0.0816. The molecule has 0 bridgehead atoms. The van der Waals surface area contributed by atoms with Gasteiger partial charge in [0.25, 0.3) is 5.91 Å². The van der Waals surface area contributed by atoms with E-state index in [2.05, 4.69) is 34.9 Å². The zero-order valence-corrected chi connectivity index (χ0v) is 17.3. The van der Waals surface area contributed by atoms with Crippen molar-refractivity contribution in [1.29, 1.82) is 0 Å². The molecule has 5 heteroatoms. The molecule has 4 rings (SSSR count). The lowest BCUT2D eigenvalue weighted by atomic mass is 9.89. The van der Waals surface area contributed by atoms with E-state index in [0.29, 0.717) is 25.6 Å². The highest BCUT2D eigenvalue weighted by Gasteiger charge is 2.43. The molecule has 1 amide bonds. The van der Waals surface area contributed by atoms with E-state index in [1.807, 2.05) is 11.0 Å². The standard InChI is InChI=1S/C23H35N3O2/c1-19-6-4-7-20(16-19)17-26-13-5-10-23(28,22(26)27)18-24-14-8-21(9-15-24)25-11-2-3-12-25/h4,6-7,16,21,28H,2-3,5,8-15,17-18H2,1H3. The Bertz CT molecular complexity index is 680. The van der Waals surface area contributed by atoms with Gasteiger partial charge >= 0.3 is 0 Å². The van der Waals surface area contributed by atoms with E-state index in [1.54, 1.807) is 0 Å². The van der Waals surface area contributed by atoms with Crippen LogP contribution in [-0.2, 0) is 11.3 Å². The minimum atomic E-state index is -1.22. The van der Waals surface area contributed by atoms with Crippen LogP contribution in [0.5, 0.6) is 0 Å². The number of carbonyl (C=O) groups excluding carboxylic acids is 1. The van der Waals surface area contributed by atoms with Gasteiger partial charge in [-0.25, -0.2) is 0 Å². The highest BCUT2D eigenvalue weighted by atomic mass is 16.3. The molecule has 3 saturated heterocycles. The fourth-order valence-electron chi connectivity index (χ4n) is 5.31. The first kappa shape index (κ1) is 19.9. The molecule has 1 unspecified atom stereocenters. The molecular weight excluding hydrogens is 350 g/mol. The maximum absolute atomic E-state index is 13.1. The summed E-state index contributed by atoms with van der Waals surface area (Å²) >= 11 is 0. The van der Waals surface area contributed by atoms with E-state index < -0.39 is 5.60 Å². The van der Waals surface area contributed by atoms with Gasteiger partial charge in [-0.1, -0.05) is 29.8 Å². The first-order valence-corrected chi connectivity index (χ1v) is 11.1. The molecule has 3 aliphatic rings. The predicted molar refractivity (Wildman–Crippen MR) is 111 cm³/mol. The fourth-order valence-corrected chi connectivity index (χ4v) is 5.31. The van der Waals surface area contributed by atoms with Gasteiger partial charge in [0.15, 0.2) is 5.60 Å². The van der Waals surface area contributed by atoms with Gasteiger partial charge in [-0.3, -0.25) is 9.69 Å². The molecule has 0 saturated carbocycles. The van der Waals surface area contributed by atoms with Crippen LogP contribution in [0.4, 0.5) is 0 Å². The van der Waals surface area contributed by atoms with Crippen LogP contribution in [0.1, 0.15) is 49.7 Å². The number of benzene rings is 1. The number of rotatable bonds is 5. The van der Waals surface area contributed by atoms with Gasteiger partial charge in [0, 0.05) is 25.7 Å². The molecule has 3 fully saturated rings. The van der Waals surface area contributed by atoms with Crippen molar-refractivity contribution in [2.24, 2.45) is 0 Å². The molecule has 0 radical (unpaired) electrons. The normalized spacial score (nSPS) is 28.2. The molecular formula is C23H35N3O2. The number of nitrogens with zero attached hydrogens (tertiary/aromatic N) is 3. The van der Waals surface area contributed by atoms with Crippen molar-refractivity contribution in [2.75, 3.05) is 39.3 Å². The van der Waals surface area contributed by atoms with Crippen LogP contribution in [0.3, 0.4) is 0 Å². The average Bonchev–Trinajstić information content (AvgIpc) is 3.21. The Labute approximate surface area is 169 Å². The molecule has 28 heavy (non-hydrogen) atoms. The third kappa shape index (κ3) is 4.42. The zero-order valence-electron chi connectivity index (χ0n) is 17.3. The van der Waals surface area contributed by atoms with Crippen LogP contribution >= 0.6 is 0 Å². The van der Waals surface area contributed by atoms with Crippen molar-refractivity contribution < 1.29 is 9.90 Å². The molecule has 3 heterocycles. The van der Waals surface area contributed by atoms with E-state index in [-0.39, 0.29) is 5.91 Å². The number of aryl methyl sites for hydroxylation is 1. The van der Waals surface area contributed by atoms with Crippen molar-refractivity contribution in [3.05, 3.63) is 35.4 Å². The van der Waals surface area contributed by atoms with Crippen LogP contribution in [0.2, 0.25) is 0 Å². The monoisotopic (exact) mass is 385 g/mol. The number of amides is 1. The second-order valence-corrected chi connectivity index (χ2v) is 9.10. The second-order valence-electron chi connectivity index (χ2n) is 9.10. The highest BCUT2D eigenvalue weighted by molar-refractivity contribution is 5.86. The van der Waals surface area contributed by atoms with Gasteiger partial charge < -0.3 is 14.9 Å². The number of piperidine rings is 2. The summed E-state index contributed by atoms with van der Waals surface area (Å²) in [4.78, 5) is 19.9. The van der Waals surface area contributed by atoms with E-state index in [4.69, 9.17) is 0 Å². The molecule has 1 N–H and O–H groups in total. The summed E-state index contributed by atoms with van der Waals surface area (Å²) in [5.41, 5.74) is 1.13. The van der Waals surface area contributed by atoms with E-state index in [1.165, 1.54) is 31.5 Å². The molecule has 0 aromatic heterocycles. The maximum Gasteiger partial charge on any atom is 0.256 e. The van der Waals surface area contributed by atoms with E-state index >= 15 is 0 Å². The van der Waals surface area contributed by atoms with E-state index in [9.17, 15) is 9.90 Å². The van der Waals surface area contributed by atoms with Gasteiger partial charge in [-0.05, 0) is 77.2 Å². The van der Waals surface area contributed by atoms with Crippen molar-refractivity contribution in [1.82, 2.24) is 14.7 Å².